The Morgan fingerprint density at radius 2 is 1.78 bits per heavy atom. The van der Waals surface area contributed by atoms with Gasteiger partial charge >= 0.3 is 0 Å². The zero-order valence-electron chi connectivity index (χ0n) is 20.3. The van der Waals surface area contributed by atoms with E-state index in [0.717, 1.165) is 33.5 Å². The predicted molar refractivity (Wildman–Crippen MR) is 142 cm³/mol. The number of rotatable bonds is 6. The van der Waals surface area contributed by atoms with Gasteiger partial charge in [0.15, 0.2) is 0 Å². The van der Waals surface area contributed by atoms with E-state index in [1.54, 1.807) is 18.2 Å². The summed E-state index contributed by atoms with van der Waals surface area (Å²) in [4.78, 5) is 24.7. The fourth-order valence-corrected chi connectivity index (χ4v) is 4.20. The van der Waals surface area contributed by atoms with Gasteiger partial charge in [0.25, 0.3) is 0 Å². The third kappa shape index (κ3) is 4.56. The number of amides is 1. The van der Waals surface area contributed by atoms with E-state index in [4.69, 9.17) is 15.7 Å². The van der Waals surface area contributed by atoms with E-state index < -0.39 is 0 Å². The van der Waals surface area contributed by atoms with Crippen molar-refractivity contribution in [1.82, 2.24) is 19.5 Å². The van der Waals surface area contributed by atoms with Gasteiger partial charge in [-0.2, -0.15) is 5.26 Å². The molecular weight excluding hydrogens is 466 g/mol. The number of carbonyl (C=O) groups is 1. The molecule has 0 aliphatic carbocycles. The van der Waals surface area contributed by atoms with Crippen LogP contribution in [0.1, 0.15) is 19.0 Å². The molecule has 182 valence electrons. The number of anilines is 2. The van der Waals surface area contributed by atoms with Crippen LogP contribution in [0.3, 0.4) is 0 Å². The molecule has 0 aliphatic rings. The monoisotopic (exact) mass is 489 g/mol. The maximum absolute atomic E-state index is 11.8. The van der Waals surface area contributed by atoms with Crippen LogP contribution < -0.4 is 15.8 Å². The van der Waals surface area contributed by atoms with Gasteiger partial charge in [-0.05, 0) is 41.5 Å². The summed E-state index contributed by atoms with van der Waals surface area (Å²) >= 11 is 0. The Kier molecular flexibility index (Phi) is 6.22. The summed E-state index contributed by atoms with van der Waals surface area (Å²) in [6, 6.07) is 22.2. The van der Waals surface area contributed by atoms with Gasteiger partial charge in [-0.3, -0.25) is 4.79 Å². The smallest absolute Gasteiger partial charge is 0.224 e. The predicted octanol–water partition coefficient (Wildman–Crippen LogP) is 5.29. The maximum Gasteiger partial charge on any atom is 0.224 e. The zero-order chi connectivity index (χ0) is 25.9. The van der Waals surface area contributed by atoms with Crippen LogP contribution in [-0.4, -0.2) is 25.4 Å². The van der Waals surface area contributed by atoms with Crippen LogP contribution in [0.5, 0.6) is 11.6 Å². The Bertz CT molecular complexity index is 1650. The van der Waals surface area contributed by atoms with E-state index in [2.05, 4.69) is 20.3 Å². The van der Waals surface area contributed by atoms with Crippen molar-refractivity contribution < 1.29 is 9.53 Å². The van der Waals surface area contributed by atoms with Gasteiger partial charge in [-0.15, -0.1) is 0 Å². The minimum Gasteiger partial charge on any atom is -0.439 e. The standard InChI is InChI=1S/C28H23N7O2/c1-3-22(36)33-19-11-7-18(8-12-19)26-24(25-27(30)31-16-32-28(25)35(26)2)17-9-13-21(14-10-17)37-23-6-4-5-20(15-29)34-23/h4-14,16H,3H2,1-2H3,(H,33,36)(H2,30,31,32). The molecule has 0 radical (unpaired) electrons. The highest BCUT2D eigenvalue weighted by Gasteiger charge is 2.22. The topological polar surface area (TPSA) is 132 Å². The molecule has 0 fully saturated rings. The van der Waals surface area contributed by atoms with Crippen LogP contribution in [0, 0.1) is 11.3 Å². The summed E-state index contributed by atoms with van der Waals surface area (Å²) in [5, 5.41) is 12.7. The van der Waals surface area contributed by atoms with Gasteiger partial charge < -0.3 is 20.4 Å². The first kappa shape index (κ1) is 23.5. The van der Waals surface area contributed by atoms with Crippen molar-refractivity contribution in [1.29, 1.82) is 5.26 Å². The molecule has 9 nitrogen and oxygen atoms in total. The number of hydrogen-bond acceptors (Lipinski definition) is 7. The molecule has 0 bridgehead atoms. The number of nitriles is 1. The van der Waals surface area contributed by atoms with Crippen LogP contribution in [0.15, 0.2) is 73.1 Å². The molecule has 0 aliphatic heterocycles. The Balaban J connectivity index is 1.57. The average Bonchev–Trinajstić information content (AvgIpc) is 3.23. The highest BCUT2D eigenvalue weighted by molar-refractivity contribution is 6.07. The second-order valence-corrected chi connectivity index (χ2v) is 8.32. The summed E-state index contributed by atoms with van der Waals surface area (Å²) in [5.74, 6) is 1.25. The molecule has 3 aromatic heterocycles. The van der Waals surface area contributed by atoms with Crippen LogP contribution >= 0.6 is 0 Å². The number of ether oxygens (including phenoxy) is 1. The first-order valence-electron chi connectivity index (χ1n) is 11.6. The molecule has 3 heterocycles. The number of hydrogen-bond donors (Lipinski definition) is 2. The van der Waals surface area contributed by atoms with Gasteiger partial charge in [0.1, 0.15) is 35.3 Å². The number of nitrogens with one attached hydrogen (secondary N) is 1. The number of benzene rings is 2. The molecule has 9 heteroatoms. The van der Waals surface area contributed by atoms with Gasteiger partial charge in [-0.25, -0.2) is 15.0 Å². The molecule has 3 N–H and O–H groups in total. The molecule has 5 aromatic rings. The maximum atomic E-state index is 11.8. The summed E-state index contributed by atoms with van der Waals surface area (Å²) in [6.45, 7) is 1.81. The Morgan fingerprint density at radius 1 is 1.05 bits per heavy atom. The SMILES string of the molecule is CCC(=O)Nc1ccc(-c2c(-c3ccc(Oc4cccc(C#N)n4)cc3)c3c(N)ncnc3n2C)cc1. The fraction of sp³-hybridized carbons (Fsp3) is 0.107. The van der Waals surface area contributed by atoms with Gasteiger partial charge in [-0.1, -0.05) is 37.3 Å². The van der Waals surface area contributed by atoms with Gasteiger partial charge in [0.05, 0.1) is 11.1 Å². The van der Waals surface area contributed by atoms with E-state index in [-0.39, 0.29) is 11.6 Å². The number of carbonyl (C=O) groups excluding carboxylic acids is 1. The van der Waals surface area contributed by atoms with Crippen molar-refractivity contribution >= 4 is 28.4 Å². The van der Waals surface area contributed by atoms with E-state index in [1.165, 1.54) is 6.33 Å². The third-order valence-electron chi connectivity index (χ3n) is 5.96. The molecule has 5 rings (SSSR count). The number of nitrogen functional groups attached to an aromatic ring is 1. The summed E-state index contributed by atoms with van der Waals surface area (Å²) in [6.07, 6.45) is 1.86. The lowest BCUT2D eigenvalue weighted by Crippen LogP contribution is -2.09. The lowest BCUT2D eigenvalue weighted by molar-refractivity contribution is -0.115. The number of nitrogens with two attached hydrogens (primary N) is 1. The lowest BCUT2D eigenvalue weighted by Gasteiger charge is -2.11. The highest BCUT2D eigenvalue weighted by Crippen LogP contribution is 2.42. The molecular formula is C28H23N7O2. The quantitative estimate of drug-likeness (QED) is 0.331. The molecule has 2 aromatic carbocycles. The number of aryl methyl sites for hydroxylation is 1. The second-order valence-electron chi connectivity index (χ2n) is 8.32. The van der Waals surface area contributed by atoms with E-state index in [9.17, 15) is 4.79 Å². The number of aromatic nitrogens is 4. The van der Waals surface area contributed by atoms with Crippen LogP contribution in [0.25, 0.3) is 33.4 Å². The first-order chi connectivity index (χ1) is 18.0. The normalized spacial score (nSPS) is 10.7. The van der Waals surface area contributed by atoms with Crippen LogP contribution in [-0.2, 0) is 11.8 Å². The van der Waals surface area contributed by atoms with E-state index >= 15 is 0 Å². The molecule has 0 atom stereocenters. The van der Waals surface area contributed by atoms with Gasteiger partial charge in [0.2, 0.25) is 11.8 Å². The van der Waals surface area contributed by atoms with Crippen molar-refractivity contribution in [3.63, 3.8) is 0 Å². The molecule has 0 saturated carbocycles. The molecule has 0 saturated heterocycles. The molecule has 1 amide bonds. The Hall–Kier alpha value is -5.23. The van der Waals surface area contributed by atoms with Crippen molar-refractivity contribution in [2.45, 2.75) is 13.3 Å². The summed E-state index contributed by atoms with van der Waals surface area (Å²) in [5.41, 5.74) is 11.7. The Morgan fingerprint density at radius 3 is 2.49 bits per heavy atom. The molecule has 0 spiro atoms. The number of pyridine rings is 1. The van der Waals surface area contributed by atoms with Crippen molar-refractivity contribution in [2.24, 2.45) is 7.05 Å². The zero-order valence-corrected chi connectivity index (χ0v) is 20.3. The minimum atomic E-state index is -0.0436. The van der Waals surface area contributed by atoms with Gasteiger partial charge in [0, 0.05) is 30.8 Å². The third-order valence-corrected chi connectivity index (χ3v) is 5.96. The minimum absolute atomic E-state index is 0.0436. The lowest BCUT2D eigenvalue weighted by atomic mass is 9.98. The van der Waals surface area contributed by atoms with E-state index in [1.807, 2.05) is 73.1 Å². The van der Waals surface area contributed by atoms with Crippen molar-refractivity contribution in [3.8, 4) is 40.1 Å². The number of fused-ring (bicyclic) bond motifs is 1. The van der Waals surface area contributed by atoms with Crippen LogP contribution in [0.2, 0.25) is 0 Å². The second kappa shape index (κ2) is 9.79. The summed E-state index contributed by atoms with van der Waals surface area (Å²) < 4.78 is 7.84. The highest BCUT2D eigenvalue weighted by atomic mass is 16.5. The first-order valence-corrected chi connectivity index (χ1v) is 11.6. The fourth-order valence-electron chi connectivity index (χ4n) is 4.20. The average molecular weight is 490 g/mol. The largest absolute Gasteiger partial charge is 0.439 e. The van der Waals surface area contributed by atoms with Crippen molar-refractivity contribution in [2.75, 3.05) is 11.1 Å². The Labute approximate surface area is 213 Å². The number of nitrogens with zero attached hydrogens (tertiary/aromatic N) is 5. The van der Waals surface area contributed by atoms with Crippen molar-refractivity contribution in [3.05, 3.63) is 78.8 Å². The summed E-state index contributed by atoms with van der Waals surface area (Å²) in [7, 11) is 1.94. The van der Waals surface area contributed by atoms with Crippen LogP contribution in [0.4, 0.5) is 11.5 Å². The molecule has 37 heavy (non-hydrogen) atoms. The molecule has 0 unspecified atom stereocenters. The van der Waals surface area contributed by atoms with E-state index in [0.29, 0.717) is 29.5 Å².